The van der Waals surface area contributed by atoms with Crippen LogP contribution in [0.5, 0.6) is 11.5 Å². The molecule has 0 saturated heterocycles. The molecular formula is C22H18O10. The number of carboxylic acids is 3. The van der Waals surface area contributed by atoms with E-state index in [2.05, 4.69) is 4.74 Å². The number of carbonyl (C=O) groups is 4. The third kappa shape index (κ3) is 6.73. The Morgan fingerprint density at radius 1 is 0.688 bits per heavy atom. The first-order chi connectivity index (χ1) is 15.2. The quantitative estimate of drug-likeness (QED) is 0.164. The number of methoxy groups -OCH3 is 1. The van der Waals surface area contributed by atoms with E-state index in [9.17, 15) is 19.2 Å². The fourth-order valence-corrected chi connectivity index (χ4v) is 2.35. The SMILES string of the molecule is COC(=O)/C(=C/c1ccc(OCOc2ccc(C=C(C(=O)O)C(=O)O)cc2)cc1)C(=O)O. The molecule has 0 aliphatic carbocycles. The lowest BCUT2D eigenvalue weighted by Gasteiger charge is -2.09. The number of esters is 1. The minimum Gasteiger partial charge on any atom is -0.477 e. The number of ether oxygens (including phenoxy) is 3. The topological polar surface area (TPSA) is 157 Å². The van der Waals surface area contributed by atoms with E-state index < -0.39 is 35.0 Å². The highest BCUT2D eigenvalue weighted by atomic mass is 16.7. The zero-order valence-electron chi connectivity index (χ0n) is 16.7. The minimum atomic E-state index is -1.54. The van der Waals surface area contributed by atoms with E-state index in [-0.39, 0.29) is 6.79 Å². The zero-order valence-corrected chi connectivity index (χ0v) is 16.7. The van der Waals surface area contributed by atoms with E-state index in [0.29, 0.717) is 22.6 Å². The van der Waals surface area contributed by atoms with Crippen LogP contribution in [0.25, 0.3) is 12.2 Å². The lowest BCUT2D eigenvalue weighted by Crippen LogP contribution is -2.13. The Balaban J connectivity index is 1.96. The number of hydrogen-bond donors (Lipinski definition) is 3. The molecule has 0 saturated carbocycles. The second-order valence-electron chi connectivity index (χ2n) is 6.07. The maximum Gasteiger partial charge on any atom is 0.345 e. The van der Waals surface area contributed by atoms with Crippen LogP contribution in [-0.4, -0.2) is 53.1 Å². The standard InChI is InChI=1S/C22H18O10/c1-30-22(29)18(21(27)28)11-14-4-8-16(9-5-14)32-12-31-15-6-2-13(3-7-15)10-17(19(23)24)20(25)26/h2-11H,12H2,1H3,(H,23,24)(H,25,26)(H,27,28)/b18-11+. The molecule has 0 fully saturated rings. The predicted octanol–water partition coefficient (Wildman–Crippen LogP) is 2.30. The van der Waals surface area contributed by atoms with Crippen molar-refractivity contribution in [2.24, 2.45) is 0 Å². The van der Waals surface area contributed by atoms with Crippen LogP contribution < -0.4 is 9.47 Å². The van der Waals surface area contributed by atoms with Crippen LogP contribution in [0.1, 0.15) is 11.1 Å². The molecule has 2 rings (SSSR count). The van der Waals surface area contributed by atoms with Crippen molar-refractivity contribution in [3.8, 4) is 11.5 Å². The Morgan fingerprint density at radius 2 is 1.06 bits per heavy atom. The van der Waals surface area contributed by atoms with Gasteiger partial charge in [0, 0.05) is 0 Å². The number of carbonyl (C=O) groups excluding carboxylic acids is 1. The summed E-state index contributed by atoms with van der Waals surface area (Å²) in [7, 11) is 1.09. The summed E-state index contributed by atoms with van der Waals surface area (Å²) in [5.74, 6) is -4.64. The van der Waals surface area contributed by atoms with Gasteiger partial charge < -0.3 is 29.5 Å². The minimum absolute atomic E-state index is 0.164. The van der Waals surface area contributed by atoms with Crippen molar-refractivity contribution in [1.29, 1.82) is 0 Å². The second-order valence-corrected chi connectivity index (χ2v) is 6.07. The maximum atomic E-state index is 11.5. The smallest absolute Gasteiger partial charge is 0.345 e. The molecule has 2 aromatic carbocycles. The van der Waals surface area contributed by atoms with E-state index in [4.69, 9.17) is 24.8 Å². The Bertz CT molecular complexity index is 1050. The molecule has 0 unspecified atom stereocenters. The molecule has 166 valence electrons. The fourth-order valence-electron chi connectivity index (χ4n) is 2.35. The van der Waals surface area contributed by atoms with Crippen LogP contribution >= 0.6 is 0 Å². The van der Waals surface area contributed by atoms with Gasteiger partial charge in [-0.15, -0.1) is 0 Å². The first-order valence-electron chi connectivity index (χ1n) is 8.88. The van der Waals surface area contributed by atoms with Gasteiger partial charge in [0.05, 0.1) is 7.11 Å². The number of benzene rings is 2. The summed E-state index contributed by atoms with van der Waals surface area (Å²) >= 11 is 0. The lowest BCUT2D eigenvalue weighted by molar-refractivity contribution is -0.143. The van der Waals surface area contributed by atoms with Crippen LogP contribution in [0.4, 0.5) is 0 Å². The molecule has 0 aliphatic heterocycles. The summed E-state index contributed by atoms with van der Waals surface area (Å²) in [4.78, 5) is 44.4. The van der Waals surface area contributed by atoms with Gasteiger partial charge in [-0.2, -0.15) is 0 Å². The van der Waals surface area contributed by atoms with Crippen LogP contribution in [0.2, 0.25) is 0 Å². The molecule has 0 atom stereocenters. The molecule has 0 aliphatic rings. The molecule has 0 heterocycles. The van der Waals surface area contributed by atoms with E-state index in [1.54, 1.807) is 24.3 Å². The highest BCUT2D eigenvalue weighted by Gasteiger charge is 2.18. The average Bonchev–Trinajstić information content (AvgIpc) is 2.76. The van der Waals surface area contributed by atoms with Crippen molar-refractivity contribution >= 4 is 36.0 Å². The molecular weight excluding hydrogens is 424 g/mol. The third-order valence-corrected chi connectivity index (χ3v) is 3.93. The molecule has 10 nitrogen and oxygen atoms in total. The molecule has 32 heavy (non-hydrogen) atoms. The van der Waals surface area contributed by atoms with Gasteiger partial charge in [-0.3, -0.25) is 0 Å². The number of carboxylic acid groups (broad SMARTS) is 3. The van der Waals surface area contributed by atoms with E-state index >= 15 is 0 Å². The van der Waals surface area contributed by atoms with Crippen molar-refractivity contribution in [3.63, 3.8) is 0 Å². The van der Waals surface area contributed by atoms with E-state index in [1.807, 2.05) is 0 Å². The van der Waals surface area contributed by atoms with Crippen LogP contribution in [0, 0.1) is 0 Å². The summed E-state index contributed by atoms with van der Waals surface area (Å²) in [5.41, 5.74) is -0.454. The molecule has 0 amide bonds. The second kappa shape index (κ2) is 11.0. The summed E-state index contributed by atoms with van der Waals surface area (Å²) in [6, 6.07) is 12.2. The zero-order chi connectivity index (χ0) is 23.7. The highest BCUT2D eigenvalue weighted by molar-refractivity contribution is 6.17. The molecule has 10 heteroatoms. The summed E-state index contributed by atoms with van der Waals surface area (Å²) in [6.07, 6.45) is 2.20. The molecule has 0 spiro atoms. The lowest BCUT2D eigenvalue weighted by atomic mass is 10.1. The summed E-state index contributed by atoms with van der Waals surface area (Å²) < 4.78 is 15.3. The first-order valence-corrected chi connectivity index (χ1v) is 8.88. The number of aliphatic carboxylic acids is 3. The van der Waals surface area contributed by atoms with Gasteiger partial charge in [0.1, 0.15) is 22.6 Å². The Hall–Kier alpha value is -4.60. The fraction of sp³-hybridized carbons (Fsp3) is 0.0909. The molecule has 0 aromatic heterocycles. The Kier molecular flexibility index (Phi) is 8.12. The largest absolute Gasteiger partial charge is 0.477 e. The number of hydrogen-bond acceptors (Lipinski definition) is 7. The molecule has 2 aromatic rings. The van der Waals surface area contributed by atoms with Crippen molar-refractivity contribution in [2.45, 2.75) is 0 Å². The molecule has 3 N–H and O–H groups in total. The van der Waals surface area contributed by atoms with Gasteiger partial charge in [-0.05, 0) is 47.5 Å². The van der Waals surface area contributed by atoms with Crippen molar-refractivity contribution in [1.82, 2.24) is 0 Å². The van der Waals surface area contributed by atoms with Gasteiger partial charge in [-0.25, -0.2) is 19.2 Å². The monoisotopic (exact) mass is 442 g/mol. The van der Waals surface area contributed by atoms with Crippen LogP contribution in [-0.2, 0) is 23.9 Å². The van der Waals surface area contributed by atoms with Gasteiger partial charge in [0.25, 0.3) is 0 Å². The van der Waals surface area contributed by atoms with Gasteiger partial charge in [0.2, 0.25) is 6.79 Å². The van der Waals surface area contributed by atoms with Gasteiger partial charge in [0.15, 0.2) is 0 Å². The van der Waals surface area contributed by atoms with E-state index in [1.165, 1.54) is 30.3 Å². The predicted molar refractivity (Wildman–Crippen MR) is 110 cm³/mol. The highest BCUT2D eigenvalue weighted by Crippen LogP contribution is 2.18. The van der Waals surface area contributed by atoms with Crippen molar-refractivity contribution in [2.75, 3.05) is 13.9 Å². The normalized spacial score (nSPS) is 10.6. The molecule has 0 radical (unpaired) electrons. The Morgan fingerprint density at radius 3 is 1.41 bits per heavy atom. The summed E-state index contributed by atoms with van der Waals surface area (Å²) in [6.45, 7) is -0.164. The Labute approximate surface area is 181 Å². The van der Waals surface area contributed by atoms with Gasteiger partial charge in [-0.1, -0.05) is 24.3 Å². The van der Waals surface area contributed by atoms with Crippen LogP contribution in [0.3, 0.4) is 0 Å². The third-order valence-electron chi connectivity index (χ3n) is 3.93. The molecule has 0 bridgehead atoms. The average molecular weight is 442 g/mol. The van der Waals surface area contributed by atoms with Crippen molar-refractivity contribution in [3.05, 3.63) is 70.8 Å². The van der Waals surface area contributed by atoms with Gasteiger partial charge >= 0.3 is 23.9 Å². The first kappa shape index (κ1) is 23.7. The van der Waals surface area contributed by atoms with E-state index in [0.717, 1.165) is 13.2 Å². The number of rotatable bonds is 10. The summed E-state index contributed by atoms with van der Waals surface area (Å²) in [5, 5.41) is 26.8. The maximum absolute atomic E-state index is 11.5. The van der Waals surface area contributed by atoms with Crippen molar-refractivity contribution < 1.29 is 48.7 Å². The van der Waals surface area contributed by atoms with Crippen LogP contribution in [0.15, 0.2) is 59.7 Å².